The third-order valence-electron chi connectivity index (χ3n) is 4.27. The van der Waals surface area contributed by atoms with Crippen molar-refractivity contribution in [2.75, 3.05) is 25.0 Å². The van der Waals surface area contributed by atoms with E-state index < -0.39 is 0 Å². The number of likely N-dealkylation sites (N-methyl/N-ethyl adjacent to an activating group) is 1. The van der Waals surface area contributed by atoms with E-state index in [9.17, 15) is 0 Å². The lowest BCUT2D eigenvalue weighted by molar-refractivity contribution is 0.205. The molecule has 5 heteroatoms. The van der Waals surface area contributed by atoms with Crippen molar-refractivity contribution in [2.24, 2.45) is 0 Å². The van der Waals surface area contributed by atoms with Crippen molar-refractivity contribution in [3.8, 4) is 0 Å². The molecule has 0 aliphatic carbocycles. The second-order valence-corrected chi connectivity index (χ2v) is 6.01. The molecule has 0 saturated carbocycles. The van der Waals surface area contributed by atoms with Gasteiger partial charge in [-0.05, 0) is 51.1 Å². The molecular formula is C17H23N5. The van der Waals surface area contributed by atoms with E-state index in [4.69, 9.17) is 0 Å². The maximum atomic E-state index is 4.42. The lowest BCUT2D eigenvalue weighted by Crippen LogP contribution is -2.46. The van der Waals surface area contributed by atoms with Gasteiger partial charge in [-0.1, -0.05) is 6.07 Å². The van der Waals surface area contributed by atoms with Crippen LogP contribution in [0, 0.1) is 6.92 Å². The van der Waals surface area contributed by atoms with Crippen LogP contribution in [0.4, 0.5) is 5.82 Å². The SMILES string of the molecule is Cc1ccc(N2CCC[C@H](N(C)Cc3ccccn3)C2)nn1. The molecule has 3 rings (SSSR count). The highest BCUT2D eigenvalue weighted by Gasteiger charge is 2.24. The van der Waals surface area contributed by atoms with Crippen LogP contribution in [0.3, 0.4) is 0 Å². The summed E-state index contributed by atoms with van der Waals surface area (Å²) in [6, 6.07) is 10.7. The zero-order valence-corrected chi connectivity index (χ0v) is 13.3. The van der Waals surface area contributed by atoms with Gasteiger partial charge in [0.25, 0.3) is 0 Å². The average molecular weight is 297 g/mol. The molecule has 0 amide bonds. The minimum Gasteiger partial charge on any atom is -0.354 e. The largest absolute Gasteiger partial charge is 0.354 e. The molecule has 1 aliphatic heterocycles. The Kier molecular flexibility index (Phi) is 4.63. The molecular weight excluding hydrogens is 274 g/mol. The van der Waals surface area contributed by atoms with Crippen molar-refractivity contribution in [1.82, 2.24) is 20.1 Å². The molecule has 3 heterocycles. The van der Waals surface area contributed by atoms with Gasteiger partial charge in [0.2, 0.25) is 0 Å². The molecule has 0 N–H and O–H groups in total. The number of hydrogen-bond donors (Lipinski definition) is 0. The van der Waals surface area contributed by atoms with Gasteiger partial charge < -0.3 is 4.90 Å². The fourth-order valence-electron chi connectivity index (χ4n) is 2.96. The molecule has 0 unspecified atom stereocenters. The highest BCUT2D eigenvalue weighted by molar-refractivity contribution is 5.38. The van der Waals surface area contributed by atoms with E-state index in [-0.39, 0.29) is 0 Å². The van der Waals surface area contributed by atoms with E-state index in [0.29, 0.717) is 6.04 Å². The predicted octanol–water partition coefficient (Wildman–Crippen LogP) is 2.28. The average Bonchev–Trinajstić information content (AvgIpc) is 2.56. The van der Waals surface area contributed by atoms with E-state index in [2.05, 4.69) is 44.2 Å². The molecule has 116 valence electrons. The first-order chi connectivity index (χ1) is 10.7. The Hall–Kier alpha value is -2.01. The molecule has 0 radical (unpaired) electrons. The number of piperidine rings is 1. The predicted molar refractivity (Wildman–Crippen MR) is 87.7 cm³/mol. The number of pyridine rings is 1. The van der Waals surface area contributed by atoms with Crippen LogP contribution in [-0.2, 0) is 6.54 Å². The van der Waals surface area contributed by atoms with Crippen LogP contribution in [0.25, 0.3) is 0 Å². The van der Waals surface area contributed by atoms with Crippen molar-refractivity contribution in [2.45, 2.75) is 32.4 Å². The standard InChI is InChI=1S/C17H23N5/c1-14-8-9-17(20-19-14)22-11-5-7-16(13-22)21(2)12-15-6-3-4-10-18-15/h3-4,6,8-10,16H,5,7,11-13H2,1-2H3/t16-/m0/s1. The number of aryl methyl sites for hydroxylation is 1. The topological polar surface area (TPSA) is 45.2 Å². The van der Waals surface area contributed by atoms with Gasteiger partial charge in [0, 0.05) is 31.9 Å². The number of rotatable bonds is 4. The lowest BCUT2D eigenvalue weighted by Gasteiger charge is -2.38. The van der Waals surface area contributed by atoms with Gasteiger partial charge in [0.1, 0.15) is 0 Å². The zero-order valence-electron chi connectivity index (χ0n) is 13.3. The smallest absolute Gasteiger partial charge is 0.151 e. The number of hydrogen-bond acceptors (Lipinski definition) is 5. The van der Waals surface area contributed by atoms with Crippen LogP contribution in [0.5, 0.6) is 0 Å². The molecule has 2 aromatic heterocycles. The Morgan fingerprint density at radius 1 is 1.23 bits per heavy atom. The first-order valence-corrected chi connectivity index (χ1v) is 7.88. The second-order valence-electron chi connectivity index (χ2n) is 6.01. The molecule has 0 spiro atoms. The molecule has 0 aromatic carbocycles. The summed E-state index contributed by atoms with van der Waals surface area (Å²) < 4.78 is 0. The molecule has 1 fully saturated rings. The fourth-order valence-corrected chi connectivity index (χ4v) is 2.96. The second kappa shape index (κ2) is 6.83. The summed E-state index contributed by atoms with van der Waals surface area (Å²) in [4.78, 5) is 9.16. The molecule has 22 heavy (non-hydrogen) atoms. The first-order valence-electron chi connectivity index (χ1n) is 7.88. The third kappa shape index (κ3) is 3.60. The third-order valence-corrected chi connectivity index (χ3v) is 4.27. The molecule has 1 saturated heterocycles. The summed E-state index contributed by atoms with van der Waals surface area (Å²) in [5.74, 6) is 0.988. The summed E-state index contributed by atoms with van der Waals surface area (Å²) in [7, 11) is 2.18. The van der Waals surface area contributed by atoms with Crippen LogP contribution in [-0.4, -0.2) is 46.3 Å². The zero-order chi connectivity index (χ0) is 15.4. The lowest BCUT2D eigenvalue weighted by atomic mass is 10.0. The Morgan fingerprint density at radius 2 is 2.14 bits per heavy atom. The van der Waals surface area contributed by atoms with Crippen LogP contribution in [0.15, 0.2) is 36.5 Å². The summed E-state index contributed by atoms with van der Waals surface area (Å²) in [6.07, 6.45) is 4.27. The molecule has 1 atom stereocenters. The Bertz CT molecular complexity index is 584. The molecule has 5 nitrogen and oxygen atoms in total. The van der Waals surface area contributed by atoms with Gasteiger partial charge >= 0.3 is 0 Å². The summed E-state index contributed by atoms with van der Waals surface area (Å²) in [5.41, 5.74) is 2.09. The van der Waals surface area contributed by atoms with E-state index >= 15 is 0 Å². The molecule has 1 aliphatic rings. The number of nitrogens with zero attached hydrogens (tertiary/aromatic N) is 5. The minimum absolute atomic E-state index is 0.527. The van der Waals surface area contributed by atoms with Crippen LogP contribution in [0.1, 0.15) is 24.2 Å². The van der Waals surface area contributed by atoms with Crippen molar-refractivity contribution < 1.29 is 0 Å². The van der Waals surface area contributed by atoms with E-state index in [1.165, 1.54) is 12.8 Å². The van der Waals surface area contributed by atoms with Crippen LogP contribution < -0.4 is 4.90 Å². The van der Waals surface area contributed by atoms with Crippen LogP contribution in [0.2, 0.25) is 0 Å². The summed E-state index contributed by atoms with van der Waals surface area (Å²) >= 11 is 0. The Labute approximate surface area is 132 Å². The van der Waals surface area contributed by atoms with Gasteiger partial charge in [-0.2, -0.15) is 5.10 Å². The fraction of sp³-hybridized carbons (Fsp3) is 0.471. The maximum absolute atomic E-state index is 4.42. The highest BCUT2D eigenvalue weighted by Crippen LogP contribution is 2.20. The quantitative estimate of drug-likeness (QED) is 0.866. The Morgan fingerprint density at radius 3 is 2.86 bits per heavy atom. The van der Waals surface area contributed by atoms with Crippen molar-refractivity contribution in [3.05, 3.63) is 47.9 Å². The first kappa shape index (κ1) is 14.9. The maximum Gasteiger partial charge on any atom is 0.151 e. The van der Waals surface area contributed by atoms with Gasteiger partial charge in [-0.15, -0.1) is 5.10 Å². The highest BCUT2D eigenvalue weighted by atomic mass is 15.3. The van der Waals surface area contributed by atoms with E-state index in [1.54, 1.807) is 0 Å². The van der Waals surface area contributed by atoms with Gasteiger partial charge in [0.15, 0.2) is 5.82 Å². The van der Waals surface area contributed by atoms with Crippen molar-refractivity contribution in [1.29, 1.82) is 0 Å². The number of anilines is 1. The minimum atomic E-state index is 0.527. The molecule has 2 aromatic rings. The van der Waals surface area contributed by atoms with Gasteiger partial charge in [-0.3, -0.25) is 9.88 Å². The number of aromatic nitrogens is 3. The van der Waals surface area contributed by atoms with Crippen molar-refractivity contribution >= 4 is 5.82 Å². The van der Waals surface area contributed by atoms with Gasteiger partial charge in [0.05, 0.1) is 11.4 Å². The monoisotopic (exact) mass is 297 g/mol. The summed E-state index contributed by atoms with van der Waals surface area (Å²) in [6.45, 7) is 4.92. The van der Waals surface area contributed by atoms with Crippen LogP contribution >= 0.6 is 0 Å². The normalized spacial score (nSPS) is 18.7. The van der Waals surface area contributed by atoms with E-state index in [0.717, 1.165) is 36.8 Å². The van der Waals surface area contributed by atoms with Gasteiger partial charge in [-0.25, -0.2) is 0 Å². The van der Waals surface area contributed by atoms with E-state index in [1.807, 2.05) is 31.3 Å². The molecule has 0 bridgehead atoms. The summed E-state index contributed by atoms with van der Waals surface area (Å²) in [5, 5.41) is 8.50. The Balaban J connectivity index is 1.63. The van der Waals surface area contributed by atoms with Crippen molar-refractivity contribution in [3.63, 3.8) is 0 Å².